The van der Waals surface area contributed by atoms with Crippen LogP contribution < -0.4 is 16.6 Å². The van der Waals surface area contributed by atoms with E-state index in [1.165, 1.54) is 4.57 Å². The van der Waals surface area contributed by atoms with Crippen LogP contribution in [0.3, 0.4) is 0 Å². The lowest BCUT2D eigenvalue weighted by atomic mass is 10.2. The molecule has 0 aliphatic carbocycles. The number of anilines is 1. The van der Waals surface area contributed by atoms with Gasteiger partial charge in [0, 0.05) is 31.0 Å². The fraction of sp³-hybridized carbons (Fsp3) is 0.318. The van der Waals surface area contributed by atoms with E-state index in [0.29, 0.717) is 48.9 Å². The first-order chi connectivity index (χ1) is 15.1. The van der Waals surface area contributed by atoms with E-state index in [0.717, 1.165) is 17.7 Å². The van der Waals surface area contributed by atoms with Crippen molar-refractivity contribution < 1.29 is 0 Å². The van der Waals surface area contributed by atoms with E-state index in [-0.39, 0.29) is 11.2 Å². The van der Waals surface area contributed by atoms with Gasteiger partial charge in [-0.1, -0.05) is 19.9 Å². The number of aromatic nitrogens is 6. The van der Waals surface area contributed by atoms with Crippen molar-refractivity contribution in [2.75, 3.05) is 5.32 Å². The SMILES string of the molecule is CCCn1c(=O)c2[nH]c(-c3ccc(NCc4ccccn4)nc3)nc2n(CCC)c1=O. The number of fused-ring (bicyclic) bond motifs is 1. The fourth-order valence-electron chi connectivity index (χ4n) is 3.47. The summed E-state index contributed by atoms with van der Waals surface area (Å²) in [5.41, 5.74) is 1.73. The number of pyridine rings is 2. The molecule has 2 N–H and O–H groups in total. The number of imidazole rings is 1. The van der Waals surface area contributed by atoms with Crippen molar-refractivity contribution in [3.8, 4) is 11.4 Å². The average molecular weight is 419 g/mol. The minimum Gasteiger partial charge on any atom is -0.364 e. The van der Waals surface area contributed by atoms with E-state index in [4.69, 9.17) is 0 Å². The molecular formula is C22H25N7O2. The number of aromatic amines is 1. The van der Waals surface area contributed by atoms with E-state index in [1.54, 1.807) is 17.0 Å². The molecule has 0 amide bonds. The Morgan fingerprint density at radius 3 is 2.48 bits per heavy atom. The first-order valence-corrected chi connectivity index (χ1v) is 10.5. The molecule has 160 valence electrons. The van der Waals surface area contributed by atoms with Crippen LogP contribution in [0, 0.1) is 0 Å². The van der Waals surface area contributed by atoms with Crippen LogP contribution in [0.5, 0.6) is 0 Å². The van der Waals surface area contributed by atoms with E-state index in [2.05, 4.69) is 25.3 Å². The van der Waals surface area contributed by atoms with Gasteiger partial charge in [-0.2, -0.15) is 0 Å². The Bertz CT molecular complexity index is 1290. The summed E-state index contributed by atoms with van der Waals surface area (Å²) in [5.74, 6) is 1.22. The average Bonchev–Trinajstić information content (AvgIpc) is 3.25. The van der Waals surface area contributed by atoms with Gasteiger partial charge in [0.1, 0.15) is 17.2 Å². The van der Waals surface area contributed by atoms with E-state index in [9.17, 15) is 9.59 Å². The van der Waals surface area contributed by atoms with Gasteiger partial charge in [-0.25, -0.2) is 14.8 Å². The quantitative estimate of drug-likeness (QED) is 0.454. The Morgan fingerprint density at radius 2 is 1.81 bits per heavy atom. The van der Waals surface area contributed by atoms with E-state index >= 15 is 0 Å². The molecule has 0 atom stereocenters. The standard InChI is InChI=1S/C22H25N7O2/c1-3-11-28-20-18(21(30)29(12-4-2)22(28)31)26-19(27-20)15-8-9-17(24-13-15)25-14-16-7-5-6-10-23-16/h5-10,13H,3-4,11-12,14H2,1-2H3,(H,24,25)(H,26,27). The first kappa shape index (κ1) is 20.5. The van der Waals surface area contributed by atoms with Crippen molar-refractivity contribution in [2.24, 2.45) is 0 Å². The van der Waals surface area contributed by atoms with Gasteiger partial charge in [0.15, 0.2) is 5.65 Å². The number of hydrogen-bond donors (Lipinski definition) is 2. The second-order valence-electron chi connectivity index (χ2n) is 7.28. The maximum atomic E-state index is 12.9. The van der Waals surface area contributed by atoms with Crippen LogP contribution >= 0.6 is 0 Å². The van der Waals surface area contributed by atoms with Gasteiger partial charge in [-0.3, -0.25) is 18.9 Å². The summed E-state index contributed by atoms with van der Waals surface area (Å²) in [5, 5.41) is 3.23. The molecule has 0 aromatic carbocycles. The number of rotatable bonds is 8. The normalized spacial score (nSPS) is 11.2. The van der Waals surface area contributed by atoms with Crippen molar-refractivity contribution in [3.63, 3.8) is 0 Å². The highest BCUT2D eigenvalue weighted by Crippen LogP contribution is 2.19. The minimum atomic E-state index is -0.338. The third kappa shape index (κ3) is 4.11. The van der Waals surface area contributed by atoms with Gasteiger partial charge in [0.2, 0.25) is 0 Å². The van der Waals surface area contributed by atoms with Gasteiger partial charge >= 0.3 is 5.69 Å². The number of aryl methyl sites for hydroxylation is 1. The summed E-state index contributed by atoms with van der Waals surface area (Å²) < 4.78 is 2.85. The molecule has 0 unspecified atom stereocenters. The van der Waals surface area contributed by atoms with Gasteiger partial charge in [0.25, 0.3) is 5.56 Å². The molecule has 4 rings (SSSR count). The molecule has 4 aromatic rings. The summed E-state index contributed by atoms with van der Waals surface area (Å²) in [6, 6.07) is 9.48. The molecule has 0 bridgehead atoms. The molecule has 4 aromatic heterocycles. The van der Waals surface area contributed by atoms with Crippen molar-refractivity contribution in [1.82, 2.24) is 29.1 Å². The smallest absolute Gasteiger partial charge is 0.332 e. The monoisotopic (exact) mass is 419 g/mol. The predicted molar refractivity (Wildman–Crippen MR) is 120 cm³/mol. The Morgan fingerprint density at radius 1 is 1.00 bits per heavy atom. The van der Waals surface area contributed by atoms with Crippen LogP contribution in [0.1, 0.15) is 32.4 Å². The lowest BCUT2D eigenvalue weighted by molar-refractivity contribution is 0.555. The van der Waals surface area contributed by atoms with Crippen molar-refractivity contribution in [2.45, 2.75) is 46.3 Å². The first-order valence-electron chi connectivity index (χ1n) is 10.5. The number of nitrogens with one attached hydrogen (secondary N) is 2. The maximum absolute atomic E-state index is 12.9. The van der Waals surface area contributed by atoms with Crippen LogP contribution in [-0.2, 0) is 19.6 Å². The highest BCUT2D eigenvalue weighted by molar-refractivity contribution is 5.75. The maximum Gasteiger partial charge on any atom is 0.332 e. The topological polar surface area (TPSA) is 110 Å². The predicted octanol–water partition coefficient (Wildman–Crippen LogP) is 2.78. The molecule has 0 aliphatic heterocycles. The molecule has 0 saturated heterocycles. The number of H-pyrrole nitrogens is 1. The van der Waals surface area contributed by atoms with Crippen LogP contribution in [0.2, 0.25) is 0 Å². The van der Waals surface area contributed by atoms with Crippen LogP contribution in [-0.4, -0.2) is 29.1 Å². The lowest BCUT2D eigenvalue weighted by Crippen LogP contribution is -2.40. The highest BCUT2D eigenvalue weighted by atomic mass is 16.2. The lowest BCUT2D eigenvalue weighted by Gasteiger charge is -2.09. The Balaban J connectivity index is 1.66. The van der Waals surface area contributed by atoms with Crippen molar-refractivity contribution in [1.29, 1.82) is 0 Å². The zero-order valence-corrected chi connectivity index (χ0v) is 17.6. The van der Waals surface area contributed by atoms with Crippen molar-refractivity contribution in [3.05, 3.63) is 69.3 Å². The summed E-state index contributed by atoms with van der Waals surface area (Å²) >= 11 is 0. The second kappa shape index (κ2) is 8.95. The molecule has 9 heteroatoms. The summed E-state index contributed by atoms with van der Waals surface area (Å²) in [4.78, 5) is 42.1. The molecular weight excluding hydrogens is 394 g/mol. The number of nitrogens with zero attached hydrogens (tertiary/aromatic N) is 5. The van der Waals surface area contributed by atoms with Crippen LogP contribution in [0.25, 0.3) is 22.6 Å². The minimum absolute atomic E-state index is 0.313. The third-order valence-corrected chi connectivity index (χ3v) is 4.97. The van der Waals surface area contributed by atoms with Gasteiger partial charge in [0.05, 0.1) is 12.2 Å². The molecule has 31 heavy (non-hydrogen) atoms. The van der Waals surface area contributed by atoms with E-state index < -0.39 is 0 Å². The van der Waals surface area contributed by atoms with Crippen LogP contribution in [0.15, 0.2) is 52.3 Å². The Kier molecular flexibility index (Phi) is 5.92. The number of hydrogen-bond acceptors (Lipinski definition) is 6. The molecule has 9 nitrogen and oxygen atoms in total. The molecule has 0 spiro atoms. The summed E-state index contributed by atoms with van der Waals surface area (Å²) in [6.45, 7) is 5.37. The van der Waals surface area contributed by atoms with Gasteiger partial charge in [-0.05, 0) is 37.1 Å². The summed E-state index contributed by atoms with van der Waals surface area (Å²) in [6.07, 6.45) is 4.90. The third-order valence-electron chi connectivity index (χ3n) is 4.97. The second-order valence-corrected chi connectivity index (χ2v) is 7.28. The highest BCUT2D eigenvalue weighted by Gasteiger charge is 2.17. The molecule has 0 fully saturated rings. The molecule has 0 radical (unpaired) electrons. The zero-order valence-electron chi connectivity index (χ0n) is 17.6. The van der Waals surface area contributed by atoms with Crippen molar-refractivity contribution >= 4 is 17.0 Å². The van der Waals surface area contributed by atoms with Gasteiger partial charge < -0.3 is 10.3 Å². The largest absolute Gasteiger partial charge is 0.364 e. The zero-order chi connectivity index (χ0) is 21.8. The summed E-state index contributed by atoms with van der Waals surface area (Å²) in [7, 11) is 0. The van der Waals surface area contributed by atoms with E-state index in [1.807, 2.05) is 44.2 Å². The molecule has 0 saturated carbocycles. The van der Waals surface area contributed by atoms with Crippen LogP contribution in [0.4, 0.5) is 5.82 Å². The fourth-order valence-corrected chi connectivity index (χ4v) is 3.47. The van der Waals surface area contributed by atoms with Gasteiger partial charge in [-0.15, -0.1) is 0 Å². The Hall–Kier alpha value is -3.75. The Labute approximate surface area is 178 Å². The molecule has 0 aliphatic rings. The molecule has 4 heterocycles.